The van der Waals surface area contributed by atoms with Crippen LogP contribution >= 0.6 is 11.8 Å². The van der Waals surface area contributed by atoms with Gasteiger partial charge in [0, 0.05) is 43.2 Å². The zero-order chi connectivity index (χ0) is 13.7. The molecule has 19 heavy (non-hydrogen) atoms. The van der Waals surface area contributed by atoms with Gasteiger partial charge in [0.25, 0.3) is 0 Å². The molecule has 1 saturated heterocycles. The standard InChI is InChI=1S/C16H32N2S/c1-4-15-11-18(9-10-19-15)13-16(5-2,6-3)12-17-14-7-8-14/h14-15,17H,4-13H2,1-3H3. The second kappa shape index (κ2) is 7.33. The van der Waals surface area contributed by atoms with E-state index in [0.29, 0.717) is 5.41 Å². The maximum Gasteiger partial charge on any atom is 0.0172 e. The minimum Gasteiger partial charge on any atom is -0.313 e. The summed E-state index contributed by atoms with van der Waals surface area (Å²) in [5.74, 6) is 1.33. The number of nitrogens with one attached hydrogen (secondary N) is 1. The van der Waals surface area contributed by atoms with Gasteiger partial charge in [-0.2, -0.15) is 11.8 Å². The minimum atomic E-state index is 0.503. The molecule has 0 bridgehead atoms. The van der Waals surface area contributed by atoms with Crippen molar-refractivity contribution in [1.29, 1.82) is 0 Å². The van der Waals surface area contributed by atoms with Crippen LogP contribution in [0.2, 0.25) is 0 Å². The average Bonchev–Trinajstić information content (AvgIpc) is 3.28. The van der Waals surface area contributed by atoms with Gasteiger partial charge in [-0.3, -0.25) is 0 Å². The van der Waals surface area contributed by atoms with Crippen molar-refractivity contribution in [2.75, 3.05) is 31.9 Å². The van der Waals surface area contributed by atoms with Crippen LogP contribution in [0.5, 0.6) is 0 Å². The molecule has 1 atom stereocenters. The van der Waals surface area contributed by atoms with Gasteiger partial charge in [-0.05, 0) is 37.5 Å². The van der Waals surface area contributed by atoms with Crippen LogP contribution in [0, 0.1) is 5.41 Å². The highest BCUT2D eigenvalue weighted by atomic mass is 32.2. The van der Waals surface area contributed by atoms with E-state index in [1.807, 2.05) is 0 Å². The molecular weight excluding hydrogens is 252 g/mol. The molecule has 3 heteroatoms. The summed E-state index contributed by atoms with van der Waals surface area (Å²) in [6.45, 7) is 12.2. The third-order valence-corrected chi connectivity index (χ3v) is 6.45. The number of thioether (sulfide) groups is 1. The molecule has 1 aliphatic heterocycles. The van der Waals surface area contributed by atoms with E-state index in [2.05, 4.69) is 42.7 Å². The van der Waals surface area contributed by atoms with Crippen LogP contribution < -0.4 is 5.32 Å². The van der Waals surface area contributed by atoms with Gasteiger partial charge in [-0.15, -0.1) is 0 Å². The molecule has 2 nitrogen and oxygen atoms in total. The van der Waals surface area contributed by atoms with E-state index < -0.39 is 0 Å². The summed E-state index contributed by atoms with van der Waals surface area (Å²) >= 11 is 2.18. The maximum absolute atomic E-state index is 3.78. The Labute approximate surface area is 124 Å². The summed E-state index contributed by atoms with van der Waals surface area (Å²) in [7, 11) is 0. The predicted molar refractivity (Wildman–Crippen MR) is 87.0 cm³/mol. The van der Waals surface area contributed by atoms with Crippen molar-refractivity contribution < 1.29 is 0 Å². The third kappa shape index (κ3) is 4.64. The van der Waals surface area contributed by atoms with Gasteiger partial charge in [0.2, 0.25) is 0 Å². The van der Waals surface area contributed by atoms with Crippen molar-refractivity contribution in [3.05, 3.63) is 0 Å². The van der Waals surface area contributed by atoms with E-state index in [-0.39, 0.29) is 0 Å². The van der Waals surface area contributed by atoms with E-state index in [4.69, 9.17) is 0 Å². The van der Waals surface area contributed by atoms with Crippen LogP contribution in [-0.4, -0.2) is 48.1 Å². The molecule has 0 spiro atoms. The van der Waals surface area contributed by atoms with Crippen molar-refractivity contribution in [3.8, 4) is 0 Å². The Hall–Kier alpha value is 0.270. The van der Waals surface area contributed by atoms with Gasteiger partial charge < -0.3 is 10.2 Å². The molecular formula is C16H32N2S. The maximum atomic E-state index is 3.78. The van der Waals surface area contributed by atoms with E-state index in [1.54, 1.807) is 0 Å². The van der Waals surface area contributed by atoms with Crippen LogP contribution in [0.1, 0.15) is 52.9 Å². The summed E-state index contributed by atoms with van der Waals surface area (Å²) in [5.41, 5.74) is 0.503. The van der Waals surface area contributed by atoms with E-state index in [1.165, 1.54) is 64.0 Å². The molecule has 1 N–H and O–H groups in total. The SMILES string of the molecule is CCC1CN(CC(CC)(CC)CNC2CC2)CCS1. The van der Waals surface area contributed by atoms with Gasteiger partial charge in [0.1, 0.15) is 0 Å². The molecule has 0 aromatic rings. The number of rotatable bonds is 8. The molecule has 0 aromatic carbocycles. The summed E-state index contributed by atoms with van der Waals surface area (Å²) < 4.78 is 0. The summed E-state index contributed by atoms with van der Waals surface area (Å²) in [6, 6.07) is 0.845. The van der Waals surface area contributed by atoms with Crippen molar-refractivity contribution in [2.24, 2.45) is 5.41 Å². The summed E-state index contributed by atoms with van der Waals surface area (Å²) in [4.78, 5) is 2.74. The minimum absolute atomic E-state index is 0.503. The van der Waals surface area contributed by atoms with Crippen molar-refractivity contribution in [1.82, 2.24) is 10.2 Å². The first-order chi connectivity index (χ1) is 9.21. The fourth-order valence-corrected chi connectivity index (χ4v) is 4.32. The first kappa shape index (κ1) is 15.7. The number of hydrogen-bond donors (Lipinski definition) is 1. The van der Waals surface area contributed by atoms with Crippen LogP contribution in [0.15, 0.2) is 0 Å². The van der Waals surface area contributed by atoms with E-state index in [0.717, 1.165) is 11.3 Å². The lowest BCUT2D eigenvalue weighted by Gasteiger charge is -2.41. The highest BCUT2D eigenvalue weighted by Crippen LogP contribution is 2.31. The third-order valence-electron chi connectivity index (χ3n) is 5.08. The van der Waals surface area contributed by atoms with Crippen LogP contribution in [0.25, 0.3) is 0 Å². The smallest absolute Gasteiger partial charge is 0.0172 e. The Morgan fingerprint density at radius 3 is 2.53 bits per heavy atom. The second-order valence-electron chi connectivity index (χ2n) is 6.50. The Balaban J connectivity index is 1.86. The second-order valence-corrected chi connectivity index (χ2v) is 7.91. The molecule has 2 rings (SSSR count). The summed E-state index contributed by atoms with van der Waals surface area (Å²) in [6.07, 6.45) is 6.75. The number of hydrogen-bond acceptors (Lipinski definition) is 3. The molecule has 1 saturated carbocycles. The summed E-state index contributed by atoms with van der Waals surface area (Å²) in [5, 5.41) is 4.65. The molecule has 112 valence electrons. The van der Waals surface area contributed by atoms with Crippen LogP contribution in [-0.2, 0) is 0 Å². The van der Waals surface area contributed by atoms with Gasteiger partial charge in [0.15, 0.2) is 0 Å². The Morgan fingerprint density at radius 1 is 1.21 bits per heavy atom. The lowest BCUT2D eigenvalue weighted by atomic mass is 9.81. The van der Waals surface area contributed by atoms with Crippen molar-refractivity contribution in [3.63, 3.8) is 0 Å². The molecule has 2 fully saturated rings. The molecule has 1 aliphatic carbocycles. The number of nitrogens with zero attached hydrogens (tertiary/aromatic N) is 1. The fourth-order valence-electron chi connectivity index (χ4n) is 3.07. The Morgan fingerprint density at radius 2 is 1.95 bits per heavy atom. The average molecular weight is 285 g/mol. The fraction of sp³-hybridized carbons (Fsp3) is 1.00. The lowest BCUT2D eigenvalue weighted by Crippen LogP contribution is -2.48. The lowest BCUT2D eigenvalue weighted by molar-refractivity contribution is 0.136. The molecule has 0 amide bonds. The zero-order valence-electron chi connectivity index (χ0n) is 13.1. The van der Waals surface area contributed by atoms with Gasteiger partial charge in [-0.25, -0.2) is 0 Å². The van der Waals surface area contributed by atoms with Gasteiger partial charge in [-0.1, -0.05) is 20.8 Å². The van der Waals surface area contributed by atoms with Crippen LogP contribution in [0.4, 0.5) is 0 Å². The first-order valence-corrected chi connectivity index (χ1v) is 9.33. The monoisotopic (exact) mass is 284 g/mol. The molecule has 0 radical (unpaired) electrons. The van der Waals surface area contributed by atoms with Crippen molar-refractivity contribution in [2.45, 2.75) is 64.2 Å². The normalized spacial score (nSPS) is 25.7. The Bertz CT molecular complexity index is 261. The molecule has 2 aliphatic rings. The highest BCUT2D eigenvalue weighted by Gasteiger charge is 2.33. The first-order valence-electron chi connectivity index (χ1n) is 8.28. The topological polar surface area (TPSA) is 15.3 Å². The van der Waals surface area contributed by atoms with E-state index >= 15 is 0 Å². The van der Waals surface area contributed by atoms with Crippen LogP contribution in [0.3, 0.4) is 0 Å². The van der Waals surface area contributed by atoms with E-state index in [9.17, 15) is 0 Å². The quantitative estimate of drug-likeness (QED) is 0.736. The molecule has 1 heterocycles. The molecule has 0 aromatic heterocycles. The van der Waals surface area contributed by atoms with Crippen molar-refractivity contribution >= 4 is 11.8 Å². The van der Waals surface area contributed by atoms with Gasteiger partial charge >= 0.3 is 0 Å². The van der Waals surface area contributed by atoms with Gasteiger partial charge in [0.05, 0.1) is 0 Å². The largest absolute Gasteiger partial charge is 0.313 e. The molecule has 1 unspecified atom stereocenters. The zero-order valence-corrected chi connectivity index (χ0v) is 13.9. The predicted octanol–water partition coefficient (Wildman–Crippen LogP) is 3.37. The Kier molecular flexibility index (Phi) is 6.04. The highest BCUT2D eigenvalue weighted by molar-refractivity contribution is 8.00.